The Morgan fingerprint density at radius 1 is 1.24 bits per heavy atom. The quantitative estimate of drug-likeness (QED) is 0.493. The number of nitrogens with zero attached hydrogens (tertiary/aromatic N) is 6. The summed E-state index contributed by atoms with van der Waals surface area (Å²) < 4.78 is 6.24. The second kappa shape index (κ2) is 9.15. The lowest BCUT2D eigenvalue weighted by Crippen LogP contribution is -2.51. The molecule has 1 saturated heterocycles. The van der Waals surface area contributed by atoms with E-state index >= 15 is 0 Å². The molecule has 0 unspecified atom stereocenters. The summed E-state index contributed by atoms with van der Waals surface area (Å²) in [5.74, 6) is -0.586. The highest BCUT2D eigenvalue weighted by Gasteiger charge is 2.34. The van der Waals surface area contributed by atoms with Gasteiger partial charge in [0, 0.05) is 61.8 Å². The molecule has 3 aromatic rings. The van der Waals surface area contributed by atoms with Crippen LogP contribution in [0, 0.1) is 12.8 Å². The second-order valence-corrected chi connectivity index (χ2v) is 9.79. The van der Waals surface area contributed by atoms with Crippen molar-refractivity contribution in [3.63, 3.8) is 0 Å². The van der Waals surface area contributed by atoms with E-state index in [0.29, 0.717) is 25.3 Å². The van der Waals surface area contributed by atoms with E-state index in [1.807, 2.05) is 58.6 Å². The van der Waals surface area contributed by atoms with Crippen molar-refractivity contribution in [1.82, 2.24) is 29.0 Å². The third-order valence-electron chi connectivity index (χ3n) is 6.49. The molecule has 0 aromatic carbocycles. The van der Waals surface area contributed by atoms with Gasteiger partial charge in [-0.1, -0.05) is 6.07 Å². The van der Waals surface area contributed by atoms with Crippen LogP contribution in [-0.2, 0) is 31.5 Å². The van der Waals surface area contributed by atoms with Crippen molar-refractivity contribution in [2.24, 2.45) is 13.0 Å². The first kappa shape index (κ1) is 22.5. The normalized spacial score (nSPS) is 16.2. The van der Waals surface area contributed by atoms with E-state index in [1.54, 1.807) is 18.1 Å². The van der Waals surface area contributed by atoms with Crippen LogP contribution in [0.2, 0.25) is 0 Å². The number of carbonyl (C=O) groups excluding carboxylic acids is 1. The molecule has 0 bridgehead atoms. The Bertz CT molecular complexity index is 1230. The average molecular weight is 482 g/mol. The topological polar surface area (TPSA) is 109 Å². The second-order valence-electron chi connectivity index (χ2n) is 8.65. The van der Waals surface area contributed by atoms with Crippen molar-refractivity contribution >= 4 is 29.6 Å². The van der Waals surface area contributed by atoms with Gasteiger partial charge in [0.2, 0.25) is 0 Å². The minimum Gasteiger partial charge on any atom is -0.481 e. The van der Waals surface area contributed by atoms with Gasteiger partial charge < -0.3 is 19.9 Å². The Balaban J connectivity index is 1.24. The predicted octanol–water partition coefficient (Wildman–Crippen LogP) is 1.90. The van der Waals surface area contributed by atoms with Crippen molar-refractivity contribution in [1.29, 1.82) is 0 Å². The number of fused-ring (bicyclic) bond motifs is 1. The van der Waals surface area contributed by atoms with Gasteiger partial charge in [0.25, 0.3) is 5.91 Å². The first-order chi connectivity index (χ1) is 16.4. The fraction of sp³-hybridized carbons (Fsp3) is 0.391. The van der Waals surface area contributed by atoms with E-state index in [9.17, 15) is 9.59 Å². The molecule has 0 atom stereocenters. The van der Waals surface area contributed by atoms with Crippen LogP contribution in [0.3, 0.4) is 0 Å². The molecule has 5 rings (SSSR count). The molecule has 10 nitrogen and oxygen atoms in total. The first-order valence-electron chi connectivity index (χ1n) is 11.2. The van der Waals surface area contributed by atoms with E-state index in [0.717, 1.165) is 41.6 Å². The number of aromatic nitrogens is 4. The lowest BCUT2D eigenvalue weighted by Gasteiger charge is -2.38. The Kier molecular flexibility index (Phi) is 6.05. The molecule has 0 aliphatic carbocycles. The first-order valence-corrected chi connectivity index (χ1v) is 12.0. The van der Waals surface area contributed by atoms with E-state index in [-0.39, 0.29) is 11.8 Å². The summed E-state index contributed by atoms with van der Waals surface area (Å²) in [6.45, 7) is 5.76. The largest absolute Gasteiger partial charge is 0.481 e. The third kappa shape index (κ3) is 4.28. The number of hydrogen-bond acceptors (Lipinski definition) is 7. The fourth-order valence-corrected chi connectivity index (χ4v) is 5.37. The van der Waals surface area contributed by atoms with Gasteiger partial charge in [-0.25, -0.2) is 9.29 Å². The Labute approximate surface area is 201 Å². The molecule has 1 amide bonds. The van der Waals surface area contributed by atoms with Crippen molar-refractivity contribution in [3.05, 3.63) is 59.3 Å². The molecule has 5 heterocycles. The van der Waals surface area contributed by atoms with Crippen LogP contribution < -0.4 is 10.2 Å². The zero-order chi connectivity index (χ0) is 23.8. The Morgan fingerprint density at radius 2 is 2.06 bits per heavy atom. The summed E-state index contributed by atoms with van der Waals surface area (Å²) in [6.07, 6.45) is 3.52. The highest BCUT2D eigenvalue weighted by Crippen LogP contribution is 2.31. The molecular formula is C23H27N7O3S. The number of amides is 1. The van der Waals surface area contributed by atoms with Crippen LogP contribution in [0.15, 0.2) is 41.6 Å². The minimum absolute atomic E-state index is 0.156. The number of carboxylic acid groups (broad SMARTS) is 1. The monoisotopic (exact) mass is 481 g/mol. The Hall–Kier alpha value is -3.31. The summed E-state index contributed by atoms with van der Waals surface area (Å²) in [5, 5.41) is 16.5. The maximum atomic E-state index is 13.1. The number of hydrogen-bond donors (Lipinski definition) is 2. The maximum Gasteiger partial charge on any atom is 0.310 e. The van der Waals surface area contributed by atoms with E-state index in [4.69, 9.17) is 5.11 Å². The number of pyridine rings is 1. The van der Waals surface area contributed by atoms with E-state index in [2.05, 4.69) is 19.7 Å². The zero-order valence-corrected chi connectivity index (χ0v) is 20.0. The zero-order valence-electron chi connectivity index (χ0n) is 19.1. The van der Waals surface area contributed by atoms with Crippen LogP contribution >= 0.6 is 11.9 Å². The summed E-state index contributed by atoms with van der Waals surface area (Å²) in [5.41, 5.74) is 3.69. The van der Waals surface area contributed by atoms with Crippen molar-refractivity contribution in [2.45, 2.75) is 31.5 Å². The SMILES string of the molecule is Cc1c(SN2CCn3nccc3C2)cc(C(=O)NCc2cccnc2N2CC(C(=O)O)C2)n1C. The van der Waals surface area contributed by atoms with Crippen molar-refractivity contribution in [3.8, 4) is 0 Å². The number of carboxylic acids is 1. The fourth-order valence-electron chi connectivity index (χ4n) is 4.29. The lowest BCUT2D eigenvalue weighted by atomic mass is 10.00. The molecule has 0 radical (unpaired) electrons. The van der Waals surface area contributed by atoms with Gasteiger partial charge in [0.1, 0.15) is 11.5 Å². The predicted molar refractivity (Wildman–Crippen MR) is 127 cm³/mol. The molecule has 11 heteroatoms. The van der Waals surface area contributed by atoms with Gasteiger partial charge >= 0.3 is 5.97 Å². The molecule has 3 aromatic heterocycles. The molecule has 1 fully saturated rings. The maximum absolute atomic E-state index is 13.1. The van der Waals surface area contributed by atoms with Gasteiger partial charge in [-0.2, -0.15) is 5.10 Å². The highest BCUT2D eigenvalue weighted by molar-refractivity contribution is 7.97. The summed E-state index contributed by atoms with van der Waals surface area (Å²) in [6, 6.07) is 7.72. The van der Waals surface area contributed by atoms with E-state index in [1.165, 1.54) is 5.69 Å². The van der Waals surface area contributed by atoms with Crippen molar-refractivity contribution < 1.29 is 14.7 Å². The van der Waals surface area contributed by atoms with Crippen LogP contribution in [0.25, 0.3) is 0 Å². The molecule has 2 aliphatic heterocycles. The lowest BCUT2D eigenvalue weighted by molar-refractivity contribution is -0.142. The molecule has 2 aliphatic rings. The van der Waals surface area contributed by atoms with Gasteiger partial charge in [-0.15, -0.1) is 0 Å². The van der Waals surface area contributed by atoms with Gasteiger partial charge in [0.15, 0.2) is 0 Å². The molecule has 0 saturated carbocycles. The number of nitrogens with one attached hydrogen (secondary N) is 1. The molecule has 2 N–H and O–H groups in total. The summed E-state index contributed by atoms with van der Waals surface area (Å²) in [7, 11) is 1.90. The molecule has 178 valence electrons. The number of rotatable bonds is 7. The van der Waals surface area contributed by atoms with Crippen LogP contribution in [-0.4, -0.2) is 60.3 Å². The van der Waals surface area contributed by atoms with Crippen LogP contribution in [0.5, 0.6) is 0 Å². The van der Waals surface area contributed by atoms with Crippen LogP contribution in [0.4, 0.5) is 5.82 Å². The number of anilines is 1. The summed E-state index contributed by atoms with van der Waals surface area (Å²) in [4.78, 5) is 31.6. The minimum atomic E-state index is -0.787. The van der Waals surface area contributed by atoms with Crippen LogP contribution in [0.1, 0.15) is 27.4 Å². The Morgan fingerprint density at radius 3 is 2.85 bits per heavy atom. The molecule has 0 spiro atoms. The molecule has 34 heavy (non-hydrogen) atoms. The van der Waals surface area contributed by atoms with Gasteiger partial charge in [-0.3, -0.25) is 14.3 Å². The number of carbonyl (C=O) groups is 2. The average Bonchev–Trinajstić information content (AvgIpc) is 3.37. The molecular weight excluding hydrogens is 454 g/mol. The van der Waals surface area contributed by atoms with E-state index < -0.39 is 5.97 Å². The van der Waals surface area contributed by atoms with Gasteiger partial charge in [-0.05, 0) is 37.1 Å². The third-order valence-corrected chi connectivity index (χ3v) is 7.67. The number of aliphatic carboxylic acids is 1. The van der Waals surface area contributed by atoms with Gasteiger partial charge in [0.05, 0.1) is 24.7 Å². The van der Waals surface area contributed by atoms with Crippen molar-refractivity contribution in [2.75, 3.05) is 24.5 Å². The smallest absolute Gasteiger partial charge is 0.310 e. The highest BCUT2D eigenvalue weighted by atomic mass is 32.2. The standard InChI is InChI=1S/C23H27N7O3S/c1-15-20(34-29-8-9-30-18(14-29)5-7-26-30)10-19(27(15)2)22(31)25-11-16-4-3-6-24-21(16)28-12-17(13-28)23(32)33/h3-7,10,17H,8-9,11-14H2,1-2H3,(H,25,31)(H,32,33). The summed E-state index contributed by atoms with van der Waals surface area (Å²) >= 11 is 1.67.